The highest BCUT2D eigenvalue weighted by Gasteiger charge is 2.27. The van der Waals surface area contributed by atoms with Crippen LogP contribution in [-0.2, 0) is 0 Å². The fraction of sp³-hybridized carbons (Fsp3) is 0.500. The largest absolute Gasteiger partial charge is 0.399 e. The third kappa shape index (κ3) is 1.42. The van der Waals surface area contributed by atoms with E-state index in [2.05, 4.69) is 22.3 Å². The zero-order valence-corrected chi connectivity index (χ0v) is 8.87. The van der Waals surface area contributed by atoms with Gasteiger partial charge in [0.25, 0.3) is 0 Å². The van der Waals surface area contributed by atoms with Gasteiger partial charge in [0, 0.05) is 11.7 Å². The number of benzene rings is 1. The molecule has 0 saturated heterocycles. The van der Waals surface area contributed by atoms with Crippen LogP contribution in [0.5, 0.6) is 0 Å². The van der Waals surface area contributed by atoms with Gasteiger partial charge in [-0.2, -0.15) is 0 Å². The summed E-state index contributed by atoms with van der Waals surface area (Å²) in [4.78, 5) is 2.47. The van der Waals surface area contributed by atoms with Crippen molar-refractivity contribution >= 4 is 17.1 Å². The number of anilines is 3. The Kier molecular flexibility index (Phi) is 1.97. The predicted molar refractivity (Wildman–Crippen MR) is 64.1 cm³/mol. The second kappa shape index (κ2) is 3.33. The molecule has 0 amide bonds. The monoisotopic (exact) mass is 203 g/mol. The average Bonchev–Trinajstić information content (AvgIpc) is 2.83. The van der Waals surface area contributed by atoms with Crippen LogP contribution < -0.4 is 16.0 Å². The molecule has 3 nitrogen and oxygen atoms in total. The van der Waals surface area contributed by atoms with E-state index in [1.54, 1.807) is 0 Å². The first-order chi connectivity index (χ1) is 7.34. The van der Waals surface area contributed by atoms with E-state index >= 15 is 0 Å². The molecule has 0 atom stereocenters. The van der Waals surface area contributed by atoms with Gasteiger partial charge in [0.1, 0.15) is 0 Å². The van der Waals surface area contributed by atoms with Gasteiger partial charge < -0.3 is 16.0 Å². The molecule has 15 heavy (non-hydrogen) atoms. The average molecular weight is 203 g/mol. The Hall–Kier alpha value is -1.38. The second-order valence-corrected chi connectivity index (χ2v) is 4.52. The molecule has 1 heterocycles. The molecular formula is C12H17N3. The van der Waals surface area contributed by atoms with Crippen LogP contribution in [0.4, 0.5) is 17.1 Å². The number of nitrogens with two attached hydrogens (primary N) is 1. The third-order valence-corrected chi connectivity index (χ3v) is 3.54. The maximum atomic E-state index is 5.84. The highest BCUT2D eigenvalue weighted by molar-refractivity contribution is 5.78. The Balaban J connectivity index is 1.92. The van der Waals surface area contributed by atoms with Gasteiger partial charge in [-0.15, -0.1) is 0 Å². The molecule has 0 unspecified atom stereocenters. The van der Waals surface area contributed by atoms with E-state index in [-0.39, 0.29) is 0 Å². The van der Waals surface area contributed by atoms with Crippen molar-refractivity contribution in [1.29, 1.82) is 0 Å². The van der Waals surface area contributed by atoms with Crippen LogP contribution in [0.2, 0.25) is 0 Å². The summed E-state index contributed by atoms with van der Waals surface area (Å²) in [6.07, 6.45) is 5.41. The van der Waals surface area contributed by atoms with Gasteiger partial charge >= 0.3 is 0 Å². The van der Waals surface area contributed by atoms with E-state index in [1.807, 2.05) is 6.07 Å². The molecule has 3 N–H and O–H groups in total. The highest BCUT2D eigenvalue weighted by atomic mass is 15.3. The normalized spacial score (nSPS) is 20.4. The molecule has 1 aromatic carbocycles. The van der Waals surface area contributed by atoms with Crippen LogP contribution >= 0.6 is 0 Å². The Morgan fingerprint density at radius 3 is 2.87 bits per heavy atom. The van der Waals surface area contributed by atoms with Gasteiger partial charge in [-0.3, -0.25) is 0 Å². The number of rotatable bonds is 1. The summed E-state index contributed by atoms with van der Waals surface area (Å²) < 4.78 is 0. The molecule has 0 bridgehead atoms. The molecule has 0 aromatic heterocycles. The Bertz CT molecular complexity index is 369. The minimum atomic E-state index is 0.723. The van der Waals surface area contributed by atoms with Crippen LogP contribution in [0.1, 0.15) is 25.7 Å². The molecule has 1 fully saturated rings. The predicted octanol–water partition coefficient (Wildman–Crippen LogP) is 2.40. The Morgan fingerprint density at radius 1 is 1.27 bits per heavy atom. The van der Waals surface area contributed by atoms with Gasteiger partial charge in [-0.1, -0.05) is 12.8 Å². The SMILES string of the molecule is Nc1ccc2c(c1)N(C1CCCC1)CN2. The number of fused-ring (bicyclic) bond motifs is 1. The van der Waals surface area contributed by atoms with Crippen molar-refractivity contribution < 1.29 is 0 Å². The summed E-state index contributed by atoms with van der Waals surface area (Å²) >= 11 is 0. The lowest BCUT2D eigenvalue weighted by Crippen LogP contribution is -2.32. The molecule has 2 aliphatic rings. The van der Waals surface area contributed by atoms with Crippen LogP contribution in [0, 0.1) is 0 Å². The summed E-state index contributed by atoms with van der Waals surface area (Å²) in [6.45, 7) is 0.948. The van der Waals surface area contributed by atoms with Crippen molar-refractivity contribution in [3.05, 3.63) is 18.2 Å². The number of nitrogens with one attached hydrogen (secondary N) is 1. The summed E-state index contributed by atoms with van der Waals surface area (Å²) in [6, 6.07) is 6.86. The molecule has 3 rings (SSSR count). The lowest BCUT2D eigenvalue weighted by molar-refractivity contribution is 0.635. The van der Waals surface area contributed by atoms with Crippen molar-refractivity contribution in [3.8, 4) is 0 Å². The van der Waals surface area contributed by atoms with Crippen LogP contribution in [-0.4, -0.2) is 12.7 Å². The first kappa shape index (κ1) is 8.89. The standard InChI is InChI=1S/C12H17N3/c13-9-5-6-11-12(7-9)15(8-14-11)10-3-1-2-4-10/h5-7,10,14H,1-4,8,13H2. The highest BCUT2D eigenvalue weighted by Crippen LogP contribution is 2.37. The van der Waals surface area contributed by atoms with E-state index in [0.717, 1.165) is 18.4 Å². The molecule has 3 heteroatoms. The first-order valence-corrected chi connectivity index (χ1v) is 5.74. The van der Waals surface area contributed by atoms with E-state index in [0.29, 0.717) is 0 Å². The van der Waals surface area contributed by atoms with Crippen LogP contribution in [0.15, 0.2) is 18.2 Å². The van der Waals surface area contributed by atoms with Gasteiger partial charge in [0.2, 0.25) is 0 Å². The fourth-order valence-electron chi connectivity index (χ4n) is 2.73. The molecular weight excluding hydrogens is 186 g/mol. The minimum Gasteiger partial charge on any atom is -0.399 e. The summed E-state index contributed by atoms with van der Waals surface area (Å²) in [5.41, 5.74) is 9.22. The van der Waals surface area contributed by atoms with Crippen molar-refractivity contribution in [2.45, 2.75) is 31.7 Å². The first-order valence-electron chi connectivity index (χ1n) is 5.74. The van der Waals surface area contributed by atoms with Crippen molar-refractivity contribution in [2.24, 2.45) is 0 Å². The number of hydrogen-bond acceptors (Lipinski definition) is 3. The fourth-order valence-corrected chi connectivity index (χ4v) is 2.73. The third-order valence-electron chi connectivity index (χ3n) is 3.54. The number of hydrogen-bond donors (Lipinski definition) is 2. The maximum Gasteiger partial charge on any atom is 0.0880 e. The summed E-state index contributed by atoms with van der Waals surface area (Å²) in [7, 11) is 0. The van der Waals surface area contributed by atoms with Gasteiger partial charge in [0.05, 0.1) is 18.0 Å². The van der Waals surface area contributed by atoms with Crippen molar-refractivity contribution in [2.75, 3.05) is 22.6 Å². The summed E-state index contributed by atoms with van der Waals surface area (Å²) in [5, 5.41) is 3.42. The summed E-state index contributed by atoms with van der Waals surface area (Å²) in [5.74, 6) is 0. The lowest BCUT2D eigenvalue weighted by Gasteiger charge is -2.25. The van der Waals surface area contributed by atoms with E-state index < -0.39 is 0 Å². The number of nitrogen functional groups attached to an aromatic ring is 1. The van der Waals surface area contributed by atoms with Crippen molar-refractivity contribution in [3.63, 3.8) is 0 Å². The molecule has 0 spiro atoms. The van der Waals surface area contributed by atoms with Gasteiger partial charge in [0.15, 0.2) is 0 Å². The van der Waals surface area contributed by atoms with Crippen molar-refractivity contribution in [1.82, 2.24) is 0 Å². The topological polar surface area (TPSA) is 41.3 Å². The molecule has 1 aliphatic heterocycles. The quantitative estimate of drug-likeness (QED) is 0.689. The van der Waals surface area contributed by atoms with Gasteiger partial charge in [-0.25, -0.2) is 0 Å². The van der Waals surface area contributed by atoms with E-state index in [9.17, 15) is 0 Å². The molecule has 1 aromatic rings. The molecule has 1 saturated carbocycles. The van der Waals surface area contributed by atoms with Gasteiger partial charge in [-0.05, 0) is 31.0 Å². The molecule has 0 radical (unpaired) electrons. The maximum absolute atomic E-state index is 5.84. The zero-order chi connectivity index (χ0) is 10.3. The Morgan fingerprint density at radius 2 is 2.07 bits per heavy atom. The lowest BCUT2D eigenvalue weighted by atomic mass is 10.2. The zero-order valence-electron chi connectivity index (χ0n) is 8.87. The van der Waals surface area contributed by atoms with Crippen LogP contribution in [0.3, 0.4) is 0 Å². The van der Waals surface area contributed by atoms with E-state index in [1.165, 1.54) is 37.1 Å². The van der Waals surface area contributed by atoms with Crippen LogP contribution in [0.25, 0.3) is 0 Å². The second-order valence-electron chi connectivity index (χ2n) is 4.52. The minimum absolute atomic E-state index is 0.723. The Labute approximate surface area is 90.3 Å². The molecule has 80 valence electrons. The van der Waals surface area contributed by atoms with E-state index in [4.69, 9.17) is 5.73 Å². The molecule has 1 aliphatic carbocycles. The smallest absolute Gasteiger partial charge is 0.0880 e. The number of nitrogens with zero attached hydrogens (tertiary/aromatic N) is 1.